The summed E-state index contributed by atoms with van der Waals surface area (Å²) in [6, 6.07) is 0. The zero-order chi connectivity index (χ0) is 33.1. The van der Waals surface area contributed by atoms with Gasteiger partial charge in [0.25, 0.3) is 0 Å². The maximum atomic E-state index is 12.0. The fourth-order valence-electron chi connectivity index (χ4n) is 6.60. The molecule has 0 aromatic rings. The van der Waals surface area contributed by atoms with Crippen molar-refractivity contribution in [3.63, 3.8) is 0 Å². The first-order valence-corrected chi connectivity index (χ1v) is 18.3. The zero-order valence-electron chi connectivity index (χ0n) is 28.9. The van der Waals surface area contributed by atoms with Gasteiger partial charge in [-0.15, -0.1) is 6.58 Å². The molecule has 0 fully saturated rings. The third-order valence-corrected chi connectivity index (χ3v) is 9.62. The van der Waals surface area contributed by atoms with Crippen molar-refractivity contribution in [1.82, 2.24) is 0 Å². The Morgan fingerprint density at radius 1 is 0.568 bits per heavy atom. The largest absolute Gasteiger partial charge is 0.550 e. The second-order valence-corrected chi connectivity index (χ2v) is 13.4. The van der Waals surface area contributed by atoms with Crippen LogP contribution in [0.25, 0.3) is 0 Å². The van der Waals surface area contributed by atoms with E-state index in [9.17, 15) is 29.7 Å². The highest BCUT2D eigenvalue weighted by molar-refractivity contribution is 5.70. The summed E-state index contributed by atoms with van der Waals surface area (Å²) in [4.78, 5) is 35.9. The predicted octanol–water partition coefficient (Wildman–Crippen LogP) is 8.40. The zero-order valence-corrected chi connectivity index (χ0v) is 28.9. The van der Waals surface area contributed by atoms with E-state index in [0.29, 0.717) is 25.8 Å². The van der Waals surface area contributed by atoms with Gasteiger partial charge in [-0.25, -0.2) is 0 Å². The summed E-state index contributed by atoms with van der Waals surface area (Å²) in [5.41, 5.74) is 0. The van der Waals surface area contributed by atoms with Crippen LogP contribution in [0.4, 0.5) is 0 Å². The lowest BCUT2D eigenvalue weighted by Crippen LogP contribution is -2.59. The van der Waals surface area contributed by atoms with E-state index in [-0.39, 0.29) is 24.1 Å². The molecule has 0 aliphatic carbocycles. The minimum atomic E-state index is -1.14. The van der Waals surface area contributed by atoms with Gasteiger partial charge in [0.05, 0.1) is 32.1 Å². The van der Waals surface area contributed by atoms with E-state index >= 15 is 0 Å². The predicted molar refractivity (Wildman–Crippen MR) is 179 cm³/mol. The molecule has 0 aliphatic rings. The Hall–Kier alpha value is -1.89. The van der Waals surface area contributed by atoms with Gasteiger partial charge in [-0.1, -0.05) is 123 Å². The van der Waals surface area contributed by atoms with Gasteiger partial charge in [0.2, 0.25) is 0 Å². The van der Waals surface area contributed by atoms with Crippen LogP contribution in [0, 0.1) is 17.8 Å². The smallest absolute Gasteiger partial charge is 0.312 e. The van der Waals surface area contributed by atoms with E-state index in [1.807, 2.05) is 19.9 Å². The van der Waals surface area contributed by atoms with Gasteiger partial charge in [-0.2, -0.15) is 0 Å². The molecule has 0 aromatic heterocycles. The van der Waals surface area contributed by atoms with Crippen molar-refractivity contribution in [2.75, 3.05) is 26.2 Å². The average molecular weight is 624 g/mol. The summed E-state index contributed by atoms with van der Waals surface area (Å²) < 4.78 is 0.220. The second-order valence-electron chi connectivity index (χ2n) is 13.4. The van der Waals surface area contributed by atoms with E-state index < -0.39 is 35.7 Å². The number of rotatable bonds is 33. The molecule has 0 rings (SSSR count). The van der Waals surface area contributed by atoms with Crippen LogP contribution in [0.15, 0.2) is 12.7 Å². The third kappa shape index (κ3) is 21.0. The minimum Gasteiger partial charge on any atom is -0.550 e. The highest BCUT2D eigenvalue weighted by Gasteiger charge is 2.39. The molecule has 0 saturated heterocycles. The maximum absolute atomic E-state index is 12.0. The first kappa shape index (κ1) is 42.1. The summed E-state index contributed by atoms with van der Waals surface area (Å²) >= 11 is 0. The topological polar surface area (TPSA) is 115 Å². The van der Waals surface area contributed by atoms with Crippen molar-refractivity contribution in [3.05, 3.63) is 12.7 Å². The summed E-state index contributed by atoms with van der Waals surface area (Å²) in [7, 11) is 0. The number of hydrogen-bond acceptors (Lipinski definition) is 4. The van der Waals surface area contributed by atoms with Crippen LogP contribution < -0.4 is 5.11 Å². The summed E-state index contributed by atoms with van der Waals surface area (Å²) in [5, 5.41) is 31.5. The van der Waals surface area contributed by atoms with Crippen LogP contribution in [-0.2, 0) is 14.4 Å². The van der Waals surface area contributed by atoms with Crippen molar-refractivity contribution >= 4 is 17.9 Å². The number of carboxylic acid groups (broad SMARTS) is 3. The van der Waals surface area contributed by atoms with Gasteiger partial charge in [0.15, 0.2) is 0 Å². The highest BCUT2D eigenvalue weighted by Crippen LogP contribution is 2.25. The van der Waals surface area contributed by atoms with Crippen molar-refractivity contribution in [1.29, 1.82) is 0 Å². The van der Waals surface area contributed by atoms with Gasteiger partial charge in [0, 0.05) is 5.92 Å². The molecule has 258 valence electrons. The van der Waals surface area contributed by atoms with E-state index in [2.05, 4.69) is 6.58 Å². The second kappa shape index (κ2) is 27.4. The summed E-state index contributed by atoms with van der Waals surface area (Å²) in [6.07, 6.45) is 27.2. The third-order valence-electron chi connectivity index (χ3n) is 9.62. The molecule has 2 N–H and O–H groups in total. The Labute approximate surface area is 270 Å². The molecule has 0 spiro atoms. The van der Waals surface area contributed by atoms with Crippen molar-refractivity contribution in [2.24, 2.45) is 17.8 Å². The van der Waals surface area contributed by atoms with Gasteiger partial charge in [0.1, 0.15) is 11.8 Å². The molecule has 7 nitrogen and oxygen atoms in total. The van der Waals surface area contributed by atoms with Gasteiger partial charge >= 0.3 is 11.9 Å². The molecule has 0 amide bonds. The van der Waals surface area contributed by atoms with Crippen molar-refractivity contribution in [3.8, 4) is 0 Å². The number of nitrogens with zero attached hydrogens (tertiary/aromatic N) is 1. The Kier molecular flexibility index (Phi) is 26.2. The molecule has 7 heteroatoms. The minimum absolute atomic E-state index is 0.220. The fraction of sp³-hybridized carbons (Fsp3) is 0.865. The highest BCUT2D eigenvalue weighted by atomic mass is 16.4. The molecule has 44 heavy (non-hydrogen) atoms. The van der Waals surface area contributed by atoms with Gasteiger partial charge in [-0.3, -0.25) is 9.59 Å². The van der Waals surface area contributed by atoms with E-state index in [4.69, 9.17) is 0 Å². The van der Waals surface area contributed by atoms with Crippen molar-refractivity contribution in [2.45, 2.75) is 162 Å². The molecule has 0 aliphatic heterocycles. The lowest BCUT2D eigenvalue weighted by atomic mass is 9.95. The molecule has 0 radical (unpaired) electrons. The van der Waals surface area contributed by atoms with Crippen LogP contribution in [0.5, 0.6) is 0 Å². The summed E-state index contributed by atoms with van der Waals surface area (Å²) in [6.45, 7) is 10.6. The van der Waals surface area contributed by atoms with Crippen LogP contribution in [0.1, 0.15) is 162 Å². The van der Waals surface area contributed by atoms with Crippen molar-refractivity contribution < 1.29 is 34.2 Å². The van der Waals surface area contributed by atoms with Crippen LogP contribution in [0.2, 0.25) is 0 Å². The number of carbonyl (C=O) groups excluding carboxylic acids is 1. The van der Waals surface area contributed by atoms with E-state index in [0.717, 1.165) is 25.7 Å². The number of carboxylic acids is 3. The Morgan fingerprint density at radius 2 is 0.864 bits per heavy atom. The molecule has 0 bridgehead atoms. The van der Waals surface area contributed by atoms with Crippen LogP contribution in [-0.4, -0.2) is 58.8 Å². The monoisotopic (exact) mass is 624 g/mol. The normalized spacial score (nSPS) is 14.9. The Balaban J connectivity index is 4.51. The standard InChI is InChI=1S/C37H69NO6/c1-5-9-10-11-12-13-14-15-16-17-18-19-20-21-22-23-24-25-26-27-28-38(29-32(6-2)35(39)40,30-33(7-3)36(41)42)31-34(8-4)37(43)44/h5,32-34H,1,6-31H2,2-4H3,(H2-,39,40,41,42,43,44). The molecule has 0 aromatic carbocycles. The maximum Gasteiger partial charge on any atom is 0.312 e. The quantitative estimate of drug-likeness (QED) is 0.0431. The molecule has 3 atom stereocenters. The van der Waals surface area contributed by atoms with Crippen LogP contribution in [0.3, 0.4) is 0 Å². The lowest BCUT2D eigenvalue weighted by molar-refractivity contribution is -0.935. The first-order chi connectivity index (χ1) is 21.2. The molecular weight excluding hydrogens is 554 g/mol. The number of unbranched alkanes of at least 4 members (excludes halogenated alkanes) is 18. The molecular formula is C37H69NO6. The van der Waals surface area contributed by atoms with Gasteiger partial charge < -0.3 is 24.6 Å². The average Bonchev–Trinajstić information content (AvgIpc) is 2.99. The Bertz CT molecular complexity index is 694. The van der Waals surface area contributed by atoms with Crippen LogP contribution >= 0.6 is 0 Å². The number of allylic oxidation sites excluding steroid dienone is 1. The fourth-order valence-corrected chi connectivity index (χ4v) is 6.60. The van der Waals surface area contributed by atoms with E-state index in [1.54, 1.807) is 6.92 Å². The van der Waals surface area contributed by atoms with E-state index in [1.165, 1.54) is 96.3 Å². The molecule has 0 heterocycles. The lowest BCUT2D eigenvalue weighted by Gasteiger charge is -2.44. The number of aliphatic carboxylic acids is 3. The van der Waals surface area contributed by atoms with Gasteiger partial charge in [-0.05, 0) is 44.9 Å². The summed E-state index contributed by atoms with van der Waals surface area (Å²) in [5.74, 6) is -4.94. The molecule has 0 saturated carbocycles. The number of carbonyl (C=O) groups is 3. The Morgan fingerprint density at radius 3 is 1.14 bits per heavy atom. The SMILES string of the molecule is C=CCCCCCCCCCCCCCCCCCCCC[N+](CC(CC)C(=O)[O-])(CC(CC)C(=O)O)CC(CC)C(=O)O. The number of hydrogen-bond donors (Lipinski definition) is 2. The first-order valence-electron chi connectivity index (χ1n) is 18.3. The molecule has 3 unspecified atom stereocenters. The number of quaternary nitrogens is 1.